The van der Waals surface area contributed by atoms with Gasteiger partial charge in [0.2, 0.25) is 0 Å². The number of aliphatic hydroxyl groups excluding tert-OH is 1. The van der Waals surface area contributed by atoms with Gasteiger partial charge in [0.05, 0.1) is 6.61 Å². The predicted octanol–water partition coefficient (Wildman–Crippen LogP) is 2.13. The van der Waals surface area contributed by atoms with Crippen LogP contribution in [0.1, 0.15) is 26.7 Å². The second-order valence-electron chi connectivity index (χ2n) is 4.98. The number of benzene rings is 1. The van der Waals surface area contributed by atoms with E-state index in [1.165, 1.54) is 0 Å². The zero-order chi connectivity index (χ0) is 14.1. The largest absolute Gasteiger partial charge is 0.493 e. The number of aliphatic hydroxyl groups is 1. The molecule has 0 atom stereocenters. The molecule has 0 aliphatic heterocycles. The van der Waals surface area contributed by atoms with E-state index < -0.39 is 0 Å². The molecule has 4 heteroatoms. The van der Waals surface area contributed by atoms with E-state index in [0.717, 1.165) is 37.4 Å². The first-order valence-electron chi connectivity index (χ1n) is 6.96. The van der Waals surface area contributed by atoms with Gasteiger partial charge < -0.3 is 20.5 Å². The summed E-state index contributed by atoms with van der Waals surface area (Å²) in [7, 11) is 0. The standard InChI is InChI=1S/C15H26N2O2/c1-13(2)17(8-4-10-18)9-5-11-19-15-7-3-6-14(16)12-15/h3,6-7,12-13,18H,4-5,8-11,16H2,1-2H3. The number of nitrogens with two attached hydrogens (primary N) is 1. The Balaban J connectivity index is 2.24. The minimum Gasteiger partial charge on any atom is -0.493 e. The fourth-order valence-corrected chi connectivity index (χ4v) is 1.96. The van der Waals surface area contributed by atoms with Gasteiger partial charge in [0, 0.05) is 37.5 Å². The zero-order valence-corrected chi connectivity index (χ0v) is 12.0. The van der Waals surface area contributed by atoms with Gasteiger partial charge in [0.25, 0.3) is 0 Å². The van der Waals surface area contributed by atoms with Crippen LogP contribution in [0.4, 0.5) is 5.69 Å². The van der Waals surface area contributed by atoms with Crippen molar-refractivity contribution in [3.63, 3.8) is 0 Å². The first kappa shape index (κ1) is 15.8. The molecule has 0 bridgehead atoms. The van der Waals surface area contributed by atoms with Crippen LogP contribution < -0.4 is 10.5 Å². The van der Waals surface area contributed by atoms with Crippen LogP contribution in [-0.4, -0.2) is 42.4 Å². The highest BCUT2D eigenvalue weighted by Gasteiger charge is 2.08. The molecule has 1 aromatic rings. The van der Waals surface area contributed by atoms with Crippen LogP contribution in [0.5, 0.6) is 5.75 Å². The molecule has 0 aliphatic rings. The van der Waals surface area contributed by atoms with E-state index in [9.17, 15) is 0 Å². The molecular weight excluding hydrogens is 240 g/mol. The Bertz CT molecular complexity index is 356. The first-order chi connectivity index (χ1) is 9.13. The van der Waals surface area contributed by atoms with E-state index in [1.807, 2.05) is 24.3 Å². The molecule has 0 fully saturated rings. The smallest absolute Gasteiger partial charge is 0.121 e. The van der Waals surface area contributed by atoms with Crippen LogP contribution in [0.15, 0.2) is 24.3 Å². The summed E-state index contributed by atoms with van der Waals surface area (Å²) in [5.74, 6) is 0.825. The van der Waals surface area contributed by atoms with Gasteiger partial charge in [-0.25, -0.2) is 0 Å². The Morgan fingerprint density at radius 2 is 2.00 bits per heavy atom. The maximum Gasteiger partial charge on any atom is 0.121 e. The van der Waals surface area contributed by atoms with Crippen LogP contribution >= 0.6 is 0 Å². The van der Waals surface area contributed by atoms with E-state index >= 15 is 0 Å². The maximum absolute atomic E-state index is 8.88. The Morgan fingerprint density at radius 1 is 1.26 bits per heavy atom. The van der Waals surface area contributed by atoms with Crippen molar-refractivity contribution in [3.8, 4) is 5.75 Å². The molecule has 4 nitrogen and oxygen atoms in total. The second kappa shape index (κ2) is 8.77. The predicted molar refractivity (Wildman–Crippen MR) is 79.4 cm³/mol. The molecule has 19 heavy (non-hydrogen) atoms. The molecule has 0 saturated carbocycles. The summed E-state index contributed by atoms with van der Waals surface area (Å²) >= 11 is 0. The van der Waals surface area contributed by atoms with Crippen molar-refractivity contribution in [1.82, 2.24) is 4.90 Å². The molecule has 0 saturated heterocycles. The van der Waals surface area contributed by atoms with Crippen molar-refractivity contribution in [2.75, 3.05) is 32.0 Å². The molecule has 0 aromatic heterocycles. The van der Waals surface area contributed by atoms with E-state index in [4.69, 9.17) is 15.6 Å². The topological polar surface area (TPSA) is 58.7 Å². The molecule has 108 valence electrons. The van der Waals surface area contributed by atoms with E-state index in [2.05, 4.69) is 18.7 Å². The summed E-state index contributed by atoms with van der Waals surface area (Å²) in [5.41, 5.74) is 6.42. The van der Waals surface area contributed by atoms with Crippen molar-refractivity contribution in [2.24, 2.45) is 0 Å². The third-order valence-electron chi connectivity index (χ3n) is 3.05. The molecule has 0 aliphatic carbocycles. The van der Waals surface area contributed by atoms with Crippen molar-refractivity contribution in [3.05, 3.63) is 24.3 Å². The van der Waals surface area contributed by atoms with Crippen LogP contribution in [0.3, 0.4) is 0 Å². The minimum absolute atomic E-state index is 0.253. The number of nitrogen functional groups attached to an aromatic ring is 1. The molecule has 0 amide bonds. The molecule has 3 N–H and O–H groups in total. The Morgan fingerprint density at radius 3 is 2.63 bits per heavy atom. The van der Waals surface area contributed by atoms with E-state index in [1.54, 1.807) is 0 Å². The maximum atomic E-state index is 8.88. The summed E-state index contributed by atoms with van der Waals surface area (Å²) in [6, 6.07) is 8.00. The second-order valence-corrected chi connectivity index (χ2v) is 4.98. The molecule has 1 rings (SSSR count). The van der Waals surface area contributed by atoms with Crippen LogP contribution in [-0.2, 0) is 0 Å². The number of nitrogens with zero attached hydrogens (tertiary/aromatic N) is 1. The highest BCUT2D eigenvalue weighted by atomic mass is 16.5. The Kier molecular flexibility index (Phi) is 7.30. The first-order valence-corrected chi connectivity index (χ1v) is 6.96. The highest BCUT2D eigenvalue weighted by molar-refractivity contribution is 5.43. The van der Waals surface area contributed by atoms with Gasteiger partial charge in [-0.2, -0.15) is 0 Å². The fourth-order valence-electron chi connectivity index (χ4n) is 1.96. The summed E-state index contributed by atoms with van der Waals surface area (Å²) in [6.07, 6.45) is 1.80. The van der Waals surface area contributed by atoms with Crippen molar-refractivity contribution < 1.29 is 9.84 Å². The fraction of sp³-hybridized carbons (Fsp3) is 0.600. The highest BCUT2D eigenvalue weighted by Crippen LogP contribution is 2.14. The lowest BCUT2D eigenvalue weighted by atomic mass is 10.2. The van der Waals surface area contributed by atoms with Gasteiger partial charge in [-0.15, -0.1) is 0 Å². The van der Waals surface area contributed by atoms with Gasteiger partial charge in [-0.3, -0.25) is 0 Å². The van der Waals surface area contributed by atoms with E-state index in [-0.39, 0.29) is 6.61 Å². The van der Waals surface area contributed by atoms with Crippen LogP contribution in [0.25, 0.3) is 0 Å². The molecule has 0 spiro atoms. The average Bonchev–Trinajstić information content (AvgIpc) is 2.37. The number of anilines is 1. The third-order valence-corrected chi connectivity index (χ3v) is 3.05. The van der Waals surface area contributed by atoms with Gasteiger partial charge >= 0.3 is 0 Å². The lowest BCUT2D eigenvalue weighted by Gasteiger charge is -2.26. The van der Waals surface area contributed by atoms with Crippen molar-refractivity contribution >= 4 is 5.69 Å². The zero-order valence-electron chi connectivity index (χ0n) is 12.0. The monoisotopic (exact) mass is 266 g/mol. The molecule has 0 heterocycles. The number of hydrogen-bond acceptors (Lipinski definition) is 4. The van der Waals surface area contributed by atoms with Gasteiger partial charge in [-0.1, -0.05) is 6.07 Å². The molecule has 0 unspecified atom stereocenters. The number of hydrogen-bond donors (Lipinski definition) is 2. The number of ether oxygens (including phenoxy) is 1. The lowest BCUT2D eigenvalue weighted by molar-refractivity contribution is 0.177. The summed E-state index contributed by atoms with van der Waals surface area (Å²) in [4.78, 5) is 2.36. The number of rotatable bonds is 9. The van der Waals surface area contributed by atoms with Gasteiger partial charge in [0.1, 0.15) is 5.75 Å². The third kappa shape index (κ3) is 6.45. The summed E-state index contributed by atoms with van der Waals surface area (Å²) < 4.78 is 5.67. The molecular formula is C15H26N2O2. The van der Waals surface area contributed by atoms with Crippen molar-refractivity contribution in [2.45, 2.75) is 32.7 Å². The SMILES string of the molecule is CC(C)N(CCCO)CCCOc1cccc(N)c1. The normalized spacial score (nSPS) is 11.2. The molecule has 1 aromatic carbocycles. The lowest BCUT2D eigenvalue weighted by Crippen LogP contribution is -2.33. The quantitative estimate of drug-likeness (QED) is 0.531. The summed E-state index contributed by atoms with van der Waals surface area (Å²) in [6.45, 7) is 7.22. The summed E-state index contributed by atoms with van der Waals surface area (Å²) in [5, 5.41) is 8.88. The van der Waals surface area contributed by atoms with Crippen molar-refractivity contribution in [1.29, 1.82) is 0 Å². The van der Waals surface area contributed by atoms with Gasteiger partial charge in [0.15, 0.2) is 0 Å². The van der Waals surface area contributed by atoms with Crippen LogP contribution in [0.2, 0.25) is 0 Å². The Hall–Kier alpha value is -1.26. The van der Waals surface area contributed by atoms with E-state index in [0.29, 0.717) is 12.6 Å². The average molecular weight is 266 g/mol. The Labute approximate surface area is 116 Å². The van der Waals surface area contributed by atoms with Crippen LogP contribution in [0, 0.1) is 0 Å². The minimum atomic E-state index is 0.253. The molecule has 0 radical (unpaired) electrons. The van der Waals surface area contributed by atoms with Gasteiger partial charge in [-0.05, 0) is 38.8 Å².